The summed E-state index contributed by atoms with van der Waals surface area (Å²) in [7, 11) is 0. The highest BCUT2D eigenvalue weighted by atomic mass is 32.2. The van der Waals surface area contributed by atoms with E-state index in [4.69, 9.17) is 4.74 Å². The Bertz CT molecular complexity index is 1170. The van der Waals surface area contributed by atoms with Gasteiger partial charge in [-0.15, -0.1) is 0 Å². The normalized spacial score (nSPS) is 10.1. The summed E-state index contributed by atoms with van der Waals surface area (Å²) >= 11 is 1.29. The van der Waals surface area contributed by atoms with Crippen molar-refractivity contribution in [2.45, 2.75) is 16.7 Å². The van der Waals surface area contributed by atoms with E-state index >= 15 is 0 Å². The number of ketones is 1. The molecule has 0 bridgehead atoms. The lowest BCUT2D eigenvalue weighted by Gasteiger charge is -2.10. The van der Waals surface area contributed by atoms with Gasteiger partial charge in [-0.1, -0.05) is 36.0 Å². The molecule has 1 N–H and O–H groups in total. The van der Waals surface area contributed by atoms with Gasteiger partial charge in [-0.2, -0.15) is 5.26 Å². The summed E-state index contributed by atoms with van der Waals surface area (Å²) in [4.78, 5) is 37.4. The Morgan fingerprint density at radius 1 is 0.935 bits per heavy atom. The first-order valence-electron chi connectivity index (χ1n) is 9.32. The summed E-state index contributed by atoms with van der Waals surface area (Å²) in [6.07, 6.45) is 0. The van der Waals surface area contributed by atoms with Crippen molar-refractivity contribution in [2.75, 3.05) is 11.9 Å². The molecule has 0 aliphatic carbocycles. The monoisotopic (exact) mass is 430 g/mol. The molecule has 0 atom stereocenters. The first-order chi connectivity index (χ1) is 15.0. The van der Waals surface area contributed by atoms with Crippen LogP contribution >= 0.6 is 11.8 Å². The molecule has 0 fully saturated rings. The molecule has 0 aliphatic heterocycles. The van der Waals surface area contributed by atoms with Crippen LogP contribution in [0, 0.1) is 11.3 Å². The van der Waals surface area contributed by atoms with Gasteiger partial charge < -0.3 is 10.1 Å². The van der Waals surface area contributed by atoms with E-state index in [9.17, 15) is 19.6 Å². The summed E-state index contributed by atoms with van der Waals surface area (Å²) in [6, 6.07) is 22.4. The fraction of sp³-hybridized carbons (Fsp3) is 0.0833. The molecule has 0 radical (unpaired) electrons. The smallest absolute Gasteiger partial charge is 0.339 e. The maximum atomic E-state index is 12.6. The lowest BCUT2D eigenvalue weighted by molar-refractivity contribution is -0.114. The Morgan fingerprint density at radius 3 is 2.26 bits per heavy atom. The van der Waals surface area contributed by atoms with Gasteiger partial charge in [0.25, 0.3) is 0 Å². The molecule has 3 rings (SSSR count). The number of anilines is 1. The number of rotatable bonds is 7. The van der Waals surface area contributed by atoms with E-state index in [0.29, 0.717) is 27.3 Å². The van der Waals surface area contributed by atoms with Crippen molar-refractivity contribution in [3.05, 3.63) is 89.5 Å². The Hall–Kier alpha value is -3.89. The number of Topliss-reactive ketones (excluding diaryl/α,β-unsaturated/α-hetero) is 1. The van der Waals surface area contributed by atoms with Crippen LogP contribution in [-0.2, 0) is 9.53 Å². The number of carbonyl (C=O) groups excluding carboxylic acids is 3. The number of hydrogen-bond acceptors (Lipinski definition) is 6. The van der Waals surface area contributed by atoms with Gasteiger partial charge in [0.05, 0.1) is 11.1 Å². The van der Waals surface area contributed by atoms with Gasteiger partial charge in [0, 0.05) is 28.0 Å². The molecule has 0 saturated carbocycles. The minimum absolute atomic E-state index is 0.207. The zero-order valence-corrected chi connectivity index (χ0v) is 17.4. The minimum Gasteiger partial charge on any atom is -0.454 e. The highest BCUT2D eigenvalue weighted by Crippen LogP contribution is 2.32. The van der Waals surface area contributed by atoms with E-state index in [1.54, 1.807) is 66.7 Å². The molecule has 3 aromatic carbocycles. The summed E-state index contributed by atoms with van der Waals surface area (Å²) < 4.78 is 5.24. The first-order valence-corrected chi connectivity index (χ1v) is 10.1. The summed E-state index contributed by atoms with van der Waals surface area (Å²) in [5, 5.41) is 11.9. The Balaban J connectivity index is 1.68. The predicted octanol–water partition coefficient (Wildman–Crippen LogP) is 4.71. The van der Waals surface area contributed by atoms with E-state index in [1.807, 2.05) is 6.07 Å². The first kappa shape index (κ1) is 21.8. The fourth-order valence-electron chi connectivity index (χ4n) is 2.73. The molecule has 0 heterocycles. The lowest BCUT2D eigenvalue weighted by Crippen LogP contribution is -2.15. The topological polar surface area (TPSA) is 96.3 Å². The third kappa shape index (κ3) is 5.81. The van der Waals surface area contributed by atoms with Crippen LogP contribution in [0.1, 0.15) is 33.2 Å². The second-order valence-corrected chi connectivity index (χ2v) is 7.55. The molecule has 154 valence electrons. The van der Waals surface area contributed by atoms with Crippen LogP contribution in [0.5, 0.6) is 0 Å². The van der Waals surface area contributed by atoms with Crippen molar-refractivity contribution >= 4 is 35.1 Å². The molecule has 7 heteroatoms. The van der Waals surface area contributed by atoms with Crippen LogP contribution in [0.4, 0.5) is 5.69 Å². The molecule has 0 aromatic heterocycles. The Morgan fingerprint density at radius 2 is 1.58 bits per heavy atom. The van der Waals surface area contributed by atoms with Crippen LogP contribution in [0.25, 0.3) is 0 Å². The van der Waals surface area contributed by atoms with E-state index in [0.717, 1.165) is 4.90 Å². The number of amides is 1. The van der Waals surface area contributed by atoms with Crippen molar-refractivity contribution in [3.63, 3.8) is 0 Å². The van der Waals surface area contributed by atoms with E-state index in [-0.39, 0.29) is 11.7 Å². The van der Waals surface area contributed by atoms with Crippen molar-refractivity contribution in [3.8, 4) is 6.07 Å². The number of hydrogen-bond donors (Lipinski definition) is 1. The van der Waals surface area contributed by atoms with Gasteiger partial charge in [0.1, 0.15) is 6.07 Å². The number of esters is 1. The molecule has 0 saturated heterocycles. The standard InChI is InChI=1S/C24H18N2O4S/c1-16(27)26-19-12-10-17(11-13-19)21(28)15-30-24(29)20-7-3-5-9-23(20)31-22-8-4-2-6-18(22)14-25/h2-13H,15H2,1H3,(H,26,27). The number of nitrogens with one attached hydrogen (secondary N) is 1. The summed E-state index contributed by atoms with van der Waals surface area (Å²) in [5.74, 6) is -1.19. The van der Waals surface area contributed by atoms with Crippen molar-refractivity contribution in [1.29, 1.82) is 5.26 Å². The zero-order valence-electron chi connectivity index (χ0n) is 16.6. The summed E-state index contributed by atoms with van der Waals surface area (Å²) in [6.45, 7) is 0.986. The largest absolute Gasteiger partial charge is 0.454 e. The minimum atomic E-state index is -0.624. The molecule has 0 aliphatic rings. The molecule has 6 nitrogen and oxygen atoms in total. The van der Waals surface area contributed by atoms with E-state index in [2.05, 4.69) is 11.4 Å². The van der Waals surface area contributed by atoms with Crippen LogP contribution < -0.4 is 5.32 Å². The fourth-order valence-corrected chi connectivity index (χ4v) is 3.74. The van der Waals surface area contributed by atoms with Gasteiger partial charge in [-0.25, -0.2) is 4.79 Å². The number of benzene rings is 3. The van der Waals surface area contributed by atoms with Crippen LogP contribution in [0.3, 0.4) is 0 Å². The zero-order chi connectivity index (χ0) is 22.2. The van der Waals surface area contributed by atoms with E-state index in [1.165, 1.54) is 18.7 Å². The number of carbonyl (C=O) groups is 3. The van der Waals surface area contributed by atoms with Crippen molar-refractivity contribution in [1.82, 2.24) is 0 Å². The maximum Gasteiger partial charge on any atom is 0.339 e. The van der Waals surface area contributed by atoms with Gasteiger partial charge in [-0.3, -0.25) is 9.59 Å². The van der Waals surface area contributed by atoms with Gasteiger partial charge >= 0.3 is 5.97 Å². The number of nitriles is 1. The van der Waals surface area contributed by atoms with E-state index < -0.39 is 12.6 Å². The molecule has 0 unspecified atom stereocenters. The van der Waals surface area contributed by atoms with Gasteiger partial charge in [0.2, 0.25) is 5.91 Å². The predicted molar refractivity (Wildman–Crippen MR) is 117 cm³/mol. The third-order valence-corrected chi connectivity index (χ3v) is 5.35. The molecular weight excluding hydrogens is 412 g/mol. The van der Waals surface area contributed by atoms with Crippen molar-refractivity contribution < 1.29 is 19.1 Å². The van der Waals surface area contributed by atoms with Crippen LogP contribution in [0.2, 0.25) is 0 Å². The molecular formula is C24H18N2O4S. The SMILES string of the molecule is CC(=O)Nc1ccc(C(=O)COC(=O)c2ccccc2Sc2ccccc2C#N)cc1. The third-order valence-electron chi connectivity index (χ3n) is 4.20. The second kappa shape index (κ2) is 10.2. The van der Waals surface area contributed by atoms with Gasteiger partial charge in [0.15, 0.2) is 12.4 Å². The lowest BCUT2D eigenvalue weighted by atomic mass is 10.1. The summed E-state index contributed by atoms with van der Waals surface area (Å²) in [5.41, 5.74) is 1.76. The van der Waals surface area contributed by atoms with Gasteiger partial charge in [-0.05, 0) is 48.5 Å². The molecule has 31 heavy (non-hydrogen) atoms. The highest BCUT2D eigenvalue weighted by Gasteiger charge is 2.17. The molecule has 3 aromatic rings. The quantitative estimate of drug-likeness (QED) is 0.431. The average molecular weight is 430 g/mol. The van der Waals surface area contributed by atoms with Crippen molar-refractivity contribution in [2.24, 2.45) is 0 Å². The van der Waals surface area contributed by atoms with Crippen LogP contribution in [-0.4, -0.2) is 24.3 Å². The van der Waals surface area contributed by atoms with Crippen LogP contribution in [0.15, 0.2) is 82.6 Å². The second-order valence-electron chi connectivity index (χ2n) is 6.46. The highest BCUT2D eigenvalue weighted by molar-refractivity contribution is 7.99. The average Bonchev–Trinajstić information content (AvgIpc) is 2.78. The Labute approximate surface area is 183 Å². The molecule has 1 amide bonds. The Kier molecular flexibility index (Phi) is 7.20. The number of nitrogens with zero attached hydrogens (tertiary/aromatic N) is 1. The molecule has 0 spiro atoms. The maximum absolute atomic E-state index is 12.6. The number of ether oxygens (including phenoxy) is 1.